The maximum absolute atomic E-state index is 12.5. The van der Waals surface area contributed by atoms with Crippen LogP contribution >= 0.6 is 0 Å². The Kier molecular flexibility index (Phi) is 5.25. The normalized spacial score (nSPS) is 16.4. The van der Waals surface area contributed by atoms with Crippen molar-refractivity contribution in [2.75, 3.05) is 38.6 Å². The van der Waals surface area contributed by atoms with Crippen LogP contribution in [0, 0.1) is 0 Å². The lowest BCUT2D eigenvalue weighted by Crippen LogP contribution is -2.27. The number of carbonyl (C=O) groups excluding carboxylic acids is 1. The Morgan fingerprint density at radius 1 is 1.32 bits per heavy atom. The maximum Gasteiger partial charge on any atom is 0.251 e. The molecule has 7 nitrogen and oxygen atoms in total. The number of amides is 1. The van der Waals surface area contributed by atoms with E-state index in [0.717, 1.165) is 41.9 Å². The zero-order valence-electron chi connectivity index (χ0n) is 16.4. The summed E-state index contributed by atoms with van der Waals surface area (Å²) in [5.74, 6) is 0.352. The molecule has 146 valence electrons. The Hall–Kier alpha value is -2.93. The van der Waals surface area contributed by atoms with Gasteiger partial charge in [-0.2, -0.15) is 5.10 Å². The van der Waals surface area contributed by atoms with Crippen molar-refractivity contribution in [3.05, 3.63) is 53.9 Å². The molecular weight excluding hydrogens is 352 g/mol. The molecule has 2 aromatic heterocycles. The van der Waals surface area contributed by atoms with E-state index in [0.29, 0.717) is 24.6 Å². The quantitative estimate of drug-likeness (QED) is 0.686. The number of rotatable bonds is 6. The lowest BCUT2D eigenvalue weighted by atomic mass is 10.0. The van der Waals surface area contributed by atoms with Gasteiger partial charge in [0.2, 0.25) is 0 Å². The van der Waals surface area contributed by atoms with E-state index in [9.17, 15) is 4.79 Å². The van der Waals surface area contributed by atoms with Crippen molar-refractivity contribution in [3.8, 4) is 0 Å². The number of anilines is 1. The molecule has 1 aliphatic rings. The van der Waals surface area contributed by atoms with Crippen molar-refractivity contribution in [2.45, 2.75) is 18.9 Å². The lowest BCUT2D eigenvalue weighted by Gasteiger charge is -2.13. The predicted molar refractivity (Wildman–Crippen MR) is 111 cm³/mol. The number of hydrogen-bond donors (Lipinski definition) is 2. The van der Waals surface area contributed by atoms with E-state index in [1.807, 2.05) is 54.0 Å². The average Bonchev–Trinajstić information content (AvgIpc) is 3.36. The number of nitrogens with zero attached hydrogens (tertiary/aromatic N) is 4. The molecule has 28 heavy (non-hydrogen) atoms. The minimum atomic E-state index is -0.0756. The van der Waals surface area contributed by atoms with Crippen molar-refractivity contribution in [3.63, 3.8) is 0 Å². The van der Waals surface area contributed by atoms with Crippen LogP contribution in [0.2, 0.25) is 0 Å². The maximum atomic E-state index is 12.5. The molecule has 0 radical (unpaired) electrons. The van der Waals surface area contributed by atoms with Crippen LogP contribution in [0.1, 0.15) is 28.4 Å². The van der Waals surface area contributed by atoms with E-state index < -0.39 is 0 Å². The third-order valence-electron chi connectivity index (χ3n) is 5.22. The third kappa shape index (κ3) is 3.71. The van der Waals surface area contributed by atoms with Crippen LogP contribution in [-0.2, 0) is 6.54 Å². The van der Waals surface area contributed by atoms with Crippen LogP contribution in [0.15, 0.2) is 42.6 Å². The number of carbonyl (C=O) groups is 1. The molecule has 7 heteroatoms. The van der Waals surface area contributed by atoms with Crippen LogP contribution in [-0.4, -0.2) is 54.4 Å². The van der Waals surface area contributed by atoms with Crippen LogP contribution in [0.4, 0.5) is 5.69 Å². The van der Waals surface area contributed by atoms with E-state index in [1.54, 1.807) is 6.20 Å². The first-order valence-electron chi connectivity index (χ1n) is 9.71. The van der Waals surface area contributed by atoms with Gasteiger partial charge in [-0.3, -0.25) is 4.79 Å². The fraction of sp³-hybridized carbons (Fsp3) is 0.381. The van der Waals surface area contributed by atoms with Gasteiger partial charge in [0.1, 0.15) is 0 Å². The number of pyridine rings is 1. The van der Waals surface area contributed by atoms with E-state index in [2.05, 4.69) is 21.7 Å². The second kappa shape index (κ2) is 7.98. The third-order valence-corrected chi connectivity index (χ3v) is 5.22. The first-order chi connectivity index (χ1) is 13.6. The molecule has 1 aromatic carbocycles. The smallest absolute Gasteiger partial charge is 0.251 e. The van der Waals surface area contributed by atoms with Crippen LogP contribution in [0.3, 0.4) is 0 Å². The average molecular weight is 378 g/mol. The molecule has 0 bridgehead atoms. The van der Waals surface area contributed by atoms with E-state index in [1.165, 1.54) is 0 Å². The minimum absolute atomic E-state index is 0.0756. The predicted octanol–water partition coefficient (Wildman–Crippen LogP) is 2.00. The summed E-state index contributed by atoms with van der Waals surface area (Å²) in [4.78, 5) is 19.0. The number of nitrogens with one attached hydrogen (secondary N) is 2. The summed E-state index contributed by atoms with van der Waals surface area (Å²) in [5, 5.41) is 12.3. The summed E-state index contributed by atoms with van der Waals surface area (Å²) in [5.41, 5.74) is 3.66. The van der Waals surface area contributed by atoms with E-state index >= 15 is 0 Å². The summed E-state index contributed by atoms with van der Waals surface area (Å²) in [6.45, 7) is 3.08. The molecule has 0 saturated carbocycles. The molecule has 3 heterocycles. The molecule has 0 aliphatic carbocycles. The molecule has 1 atom stereocenters. The van der Waals surface area contributed by atoms with Gasteiger partial charge in [0.25, 0.3) is 5.91 Å². The molecule has 4 rings (SSSR count). The van der Waals surface area contributed by atoms with Crippen molar-refractivity contribution in [1.82, 2.24) is 25.4 Å². The number of aromatic nitrogens is 3. The van der Waals surface area contributed by atoms with Crippen molar-refractivity contribution >= 4 is 22.6 Å². The molecule has 2 N–H and O–H groups in total. The highest BCUT2D eigenvalue weighted by Gasteiger charge is 2.23. The lowest BCUT2D eigenvalue weighted by molar-refractivity contribution is 0.0952. The topological polar surface area (TPSA) is 75.1 Å². The Bertz CT molecular complexity index is 974. The molecule has 1 fully saturated rings. The van der Waals surface area contributed by atoms with Crippen LogP contribution in [0.25, 0.3) is 11.0 Å². The first-order valence-corrected chi connectivity index (χ1v) is 9.71. The second-order valence-electron chi connectivity index (χ2n) is 7.37. The summed E-state index contributed by atoms with van der Waals surface area (Å²) >= 11 is 0. The van der Waals surface area contributed by atoms with E-state index in [-0.39, 0.29) is 5.91 Å². The highest BCUT2D eigenvalue weighted by Crippen LogP contribution is 2.27. The molecule has 0 unspecified atom stereocenters. The van der Waals surface area contributed by atoms with Crippen molar-refractivity contribution in [2.24, 2.45) is 0 Å². The Morgan fingerprint density at radius 3 is 3.00 bits per heavy atom. The molecular formula is C21H26N6O. The minimum Gasteiger partial charge on any atom is -0.378 e. The van der Waals surface area contributed by atoms with Crippen LogP contribution in [0.5, 0.6) is 0 Å². The molecule has 3 aromatic rings. The van der Waals surface area contributed by atoms with Gasteiger partial charge < -0.3 is 15.5 Å². The van der Waals surface area contributed by atoms with Crippen molar-refractivity contribution in [1.29, 1.82) is 0 Å². The molecule has 1 aliphatic heterocycles. The summed E-state index contributed by atoms with van der Waals surface area (Å²) in [6, 6.07) is 11.7. The van der Waals surface area contributed by atoms with Gasteiger partial charge >= 0.3 is 0 Å². The highest BCUT2D eigenvalue weighted by atomic mass is 16.1. The monoisotopic (exact) mass is 378 g/mol. The number of fused-ring (bicyclic) bond motifs is 1. The van der Waals surface area contributed by atoms with Crippen LogP contribution < -0.4 is 15.5 Å². The fourth-order valence-corrected chi connectivity index (χ4v) is 3.68. The number of hydrogen-bond acceptors (Lipinski definition) is 5. The molecule has 0 spiro atoms. The second-order valence-corrected chi connectivity index (χ2v) is 7.37. The summed E-state index contributed by atoms with van der Waals surface area (Å²) < 4.78 is 1.92. The standard InChI is InChI=1S/C21H26N6O/c1-26(2)17-6-3-5-15(13-17)21(28)24-11-12-27-20-18(7-4-9-23-20)19(25-27)16-8-10-22-14-16/h3-7,9,13,16,22H,8,10-12,14H2,1-2H3,(H,24,28)/t16-/m0/s1. The van der Waals surface area contributed by atoms with Gasteiger partial charge in [0.05, 0.1) is 12.2 Å². The zero-order chi connectivity index (χ0) is 19.5. The van der Waals surface area contributed by atoms with Gasteiger partial charge in [-0.15, -0.1) is 0 Å². The summed E-state index contributed by atoms with van der Waals surface area (Å²) in [7, 11) is 3.93. The largest absolute Gasteiger partial charge is 0.378 e. The SMILES string of the molecule is CN(C)c1cccc(C(=O)NCCn2nc([C@H]3CCNC3)c3cccnc32)c1. The van der Waals surface area contributed by atoms with E-state index in [4.69, 9.17) is 5.10 Å². The Balaban J connectivity index is 1.46. The fourth-order valence-electron chi connectivity index (χ4n) is 3.68. The summed E-state index contributed by atoms with van der Waals surface area (Å²) in [6.07, 6.45) is 2.89. The van der Waals surface area contributed by atoms with Gasteiger partial charge in [0.15, 0.2) is 5.65 Å². The van der Waals surface area contributed by atoms with Crippen molar-refractivity contribution < 1.29 is 4.79 Å². The van der Waals surface area contributed by atoms with Gasteiger partial charge in [0, 0.05) is 55.9 Å². The zero-order valence-corrected chi connectivity index (χ0v) is 16.4. The Labute approximate surface area is 164 Å². The highest BCUT2D eigenvalue weighted by molar-refractivity contribution is 5.95. The van der Waals surface area contributed by atoms with Gasteiger partial charge in [-0.1, -0.05) is 6.07 Å². The first kappa shape index (κ1) is 18.4. The number of benzene rings is 1. The molecule has 1 amide bonds. The Morgan fingerprint density at radius 2 is 2.21 bits per heavy atom. The molecule has 1 saturated heterocycles. The van der Waals surface area contributed by atoms with Gasteiger partial charge in [-0.25, -0.2) is 9.67 Å². The van der Waals surface area contributed by atoms with Gasteiger partial charge in [-0.05, 0) is 43.3 Å².